The molecule has 130 valence electrons. The number of ether oxygens (including phenoxy) is 4. The molecule has 24 heavy (non-hydrogen) atoms. The van der Waals surface area contributed by atoms with Crippen molar-refractivity contribution in [2.75, 3.05) is 27.9 Å². The Morgan fingerprint density at radius 3 is 1.96 bits per heavy atom. The molecule has 2 aromatic rings. The average molecular weight is 334 g/mol. The van der Waals surface area contributed by atoms with E-state index < -0.39 is 12.2 Å². The molecule has 2 N–H and O–H groups in total. The second-order valence-corrected chi connectivity index (χ2v) is 5.08. The molecule has 0 saturated carbocycles. The van der Waals surface area contributed by atoms with Gasteiger partial charge in [-0.05, 0) is 29.8 Å². The lowest BCUT2D eigenvalue weighted by Crippen LogP contribution is -2.29. The van der Waals surface area contributed by atoms with Gasteiger partial charge in [-0.3, -0.25) is 0 Å². The van der Waals surface area contributed by atoms with E-state index in [-0.39, 0.29) is 6.61 Å². The number of benzene rings is 2. The first-order chi connectivity index (χ1) is 11.6. The van der Waals surface area contributed by atoms with Gasteiger partial charge in [-0.2, -0.15) is 0 Å². The van der Waals surface area contributed by atoms with Gasteiger partial charge in [-0.25, -0.2) is 0 Å². The van der Waals surface area contributed by atoms with Crippen LogP contribution in [0.15, 0.2) is 42.5 Å². The Balaban J connectivity index is 2.27. The molecule has 0 bridgehead atoms. The van der Waals surface area contributed by atoms with Crippen molar-refractivity contribution < 1.29 is 29.2 Å². The van der Waals surface area contributed by atoms with Gasteiger partial charge in [0, 0.05) is 6.07 Å². The lowest BCUT2D eigenvalue weighted by Gasteiger charge is -2.24. The Morgan fingerprint density at radius 2 is 1.46 bits per heavy atom. The molecule has 0 aliphatic rings. The van der Waals surface area contributed by atoms with Crippen LogP contribution in [0.4, 0.5) is 0 Å². The van der Waals surface area contributed by atoms with Gasteiger partial charge < -0.3 is 29.2 Å². The van der Waals surface area contributed by atoms with Gasteiger partial charge in [-0.15, -0.1) is 0 Å². The van der Waals surface area contributed by atoms with E-state index in [2.05, 4.69) is 0 Å². The first kappa shape index (κ1) is 17.9. The second kappa shape index (κ2) is 8.42. The Morgan fingerprint density at radius 1 is 0.875 bits per heavy atom. The maximum atomic E-state index is 10.6. The predicted molar refractivity (Wildman–Crippen MR) is 89.0 cm³/mol. The average Bonchev–Trinajstić information content (AvgIpc) is 2.65. The van der Waals surface area contributed by atoms with Crippen LogP contribution in [0.25, 0.3) is 0 Å². The zero-order valence-electron chi connectivity index (χ0n) is 13.9. The van der Waals surface area contributed by atoms with Crippen LogP contribution < -0.4 is 18.9 Å². The number of aliphatic hydroxyl groups is 2. The van der Waals surface area contributed by atoms with Crippen molar-refractivity contribution in [1.29, 1.82) is 0 Å². The molecule has 0 aliphatic carbocycles. The minimum atomic E-state index is -1.08. The molecule has 0 radical (unpaired) electrons. The van der Waals surface area contributed by atoms with Crippen molar-refractivity contribution in [2.45, 2.75) is 12.2 Å². The molecule has 0 fully saturated rings. The molecule has 0 spiro atoms. The molecular weight excluding hydrogens is 312 g/mol. The Hall–Kier alpha value is -2.44. The third-order valence-corrected chi connectivity index (χ3v) is 3.59. The summed E-state index contributed by atoms with van der Waals surface area (Å²) in [6.45, 7) is -0.376. The lowest BCUT2D eigenvalue weighted by atomic mass is 10.0. The molecule has 2 atom stereocenters. The molecule has 2 unspecified atom stereocenters. The summed E-state index contributed by atoms with van der Waals surface area (Å²) in [6, 6.07) is 12.1. The lowest BCUT2D eigenvalue weighted by molar-refractivity contribution is -0.000579. The fraction of sp³-hybridized carbons (Fsp3) is 0.333. The first-order valence-electron chi connectivity index (χ1n) is 7.44. The van der Waals surface area contributed by atoms with Gasteiger partial charge in [0.25, 0.3) is 0 Å². The molecule has 2 aromatic carbocycles. The Kier molecular flexibility index (Phi) is 6.28. The summed E-state index contributed by atoms with van der Waals surface area (Å²) in [5, 5.41) is 20.3. The van der Waals surface area contributed by atoms with E-state index in [0.29, 0.717) is 28.6 Å². The van der Waals surface area contributed by atoms with Crippen molar-refractivity contribution in [3.63, 3.8) is 0 Å². The van der Waals surface area contributed by atoms with E-state index >= 15 is 0 Å². The van der Waals surface area contributed by atoms with Crippen molar-refractivity contribution in [3.05, 3.63) is 48.0 Å². The fourth-order valence-electron chi connectivity index (χ4n) is 2.30. The molecule has 0 heterocycles. The largest absolute Gasteiger partial charge is 0.497 e. The monoisotopic (exact) mass is 334 g/mol. The van der Waals surface area contributed by atoms with Crippen LogP contribution in [0.5, 0.6) is 23.0 Å². The van der Waals surface area contributed by atoms with Crippen LogP contribution in [0.1, 0.15) is 11.7 Å². The van der Waals surface area contributed by atoms with E-state index in [1.165, 1.54) is 21.3 Å². The van der Waals surface area contributed by atoms with Crippen LogP contribution in [-0.4, -0.2) is 44.3 Å². The smallest absolute Gasteiger partial charge is 0.161 e. The molecular formula is C18H22O6. The minimum absolute atomic E-state index is 0.376. The molecule has 0 amide bonds. The second-order valence-electron chi connectivity index (χ2n) is 5.08. The van der Waals surface area contributed by atoms with Crippen molar-refractivity contribution in [2.24, 2.45) is 0 Å². The standard InChI is InChI=1S/C18H22O6/c1-21-13-8-12(9-14(10-13)22-2)18(20)17(11-19)24-16-7-5-4-6-15(16)23-3/h4-10,17-20H,11H2,1-3H3. The zero-order chi connectivity index (χ0) is 17.5. The number of methoxy groups -OCH3 is 3. The Bertz CT molecular complexity index is 635. The molecule has 0 aromatic heterocycles. The summed E-state index contributed by atoms with van der Waals surface area (Å²) in [5.41, 5.74) is 0.514. The summed E-state index contributed by atoms with van der Waals surface area (Å²) in [7, 11) is 4.58. The summed E-state index contributed by atoms with van der Waals surface area (Å²) in [4.78, 5) is 0. The number of rotatable bonds is 8. The summed E-state index contributed by atoms with van der Waals surface area (Å²) in [6.07, 6.45) is -1.96. The van der Waals surface area contributed by atoms with Gasteiger partial charge in [0.05, 0.1) is 27.9 Å². The molecule has 0 aliphatic heterocycles. The van der Waals surface area contributed by atoms with Gasteiger partial charge in [0.1, 0.15) is 17.6 Å². The normalized spacial score (nSPS) is 13.0. The fourth-order valence-corrected chi connectivity index (χ4v) is 2.30. The van der Waals surface area contributed by atoms with Crippen LogP contribution in [0, 0.1) is 0 Å². The van der Waals surface area contributed by atoms with Gasteiger partial charge in [0.15, 0.2) is 17.6 Å². The maximum Gasteiger partial charge on any atom is 0.161 e. The van der Waals surface area contributed by atoms with E-state index in [4.69, 9.17) is 18.9 Å². The number of hydrogen-bond donors (Lipinski definition) is 2. The highest BCUT2D eigenvalue weighted by molar-refractivity contribution is 5.41. The van der Waals surface area contributed by atoms with Gasteiger partial charge in [-0.1, -0.05) is 12.1 Å². The SMILES string of the molecule is COc1cc(OC)cc(C(O)C(CO)Oc2ccccc2OC)c1. The van der Waals surface area contributed by atoms with Gasteiger partial charge in [0.2, 0.25) is 0 Å². The van der Waals surface area contributed by atoms with Crippen LogP contribution in [0.2, 0.25) is 0 Å². The van der Waals surface area contributed by atoms with Crippen molar-refractivity contribution in [3.8, 4) is 23.0 Å². The van der Waals surface area contributed by atoms with Crippen molar-refractivity contribution in [1.82, 2.24) is 0 Å². The van der Waals surface area contributed by atoms with Gasteiger partial charge >= 0.3 is 0 Å². The van der Waals surface area contributed by atoms with E-state index in [0.717, 1.165) is 0 Å². The Labute approximate surface area is 141 Å². The molecule has 0 saturated heterocycles. The third kappa shape index (κ3) is 4.10. The summed E-state index contributed by atoms with van der Waals surface area (Å²) < 4.78 is 21.4. The predicted octanol–water partition coefficient (Wildman–Crippen LogP) is 2.19. The third-order valence-electron chi connectivity index (χ3n) is 3.59. The topological polar surface area (TPSA) is 77.4 Å². The van der Waals surface area contributed by atoms with E-state index in [1.807, 2.05) is 6.07 Å². The molecule has 6 nitrogen and oxygen atoms in total. The first-order valence-corrected chi connectivity index (χ1v) is 7.44. The van der Waals surface area contributed by atoms with Crippen molar-refractivity contribution >= 4 is 0 Å². The number of hydrogen-bond acceptors (Lipinski definition) is 6. The van der Waals surface area contributed by atoms with Crippen LogP contribution >= 0.6 is 0 Å². The molecule has 2 rings (SSSR count). The minimum Gasteiger partial charge on any atom is -0.497 e. The highest BCUT2D eigenvalue weighted by Gasteiger charge is 2.24. The van der Waals surface area contributed by atoms with E-state index in [9.17, 15) is 10.2 Å². The maximum absolute atomic E-state index is 10.6. The highest BCUT2D eigenvalue weighted by atomic mass is 16.5. The number of aliphatic hydroxyl groups excluding tert-OH is 2. The summed E-state index contributed by atoms with van der Waals surface area (Å²) in [5.74, 6) is 2.04. The quantitative estimate of drug-likeness (QED) is 0.770. The van der Waals surface area contributed by atoms with E-state index in [1.54, 1.807) is 36.4 Å². The summed E-state index contributed by atoms with van der Waals surface area (Å²) >= 11 is 0. The number of para-hydroxylation sites is 2. The zero-order valence-corrected chi connectivity index (χ0v) is 13.9. The highest BCUT2D eigenvalue weighted by Crippen LogP contribution is 2.32. The van der Waals surface area contributed by atoms with Crippen LogP contribution in [-0.2, 0) is 0 Å². The van der Waals surface area contributed by atoms with Crippen LogP contribution in [0.3, 0.4) is 0 Å². The molecule has 6 heteroatoms.